The van der Waals surface area contributed by atoms with Gasteiger partial charge in [0.25, 0.3) is 0 Å². The van der Waals surface area contributed by atoms with Crippen LogP contribution in [0.3, 0.4) is 0 Å². The number of hydrogen-bond donors (Lipinski definition) is 1. The Morgan fingerprint density at radius 2 is 2.19 bits per heavy atom. The van der Waals surface area contributed by atoms with Crippen LogP contribution in [0.2, 0.25) is 0 Å². The highest BCUT2D eigenvalue weighted by atomic mass is 19.1. The molecule has 0 aliphatic carbocycles. The number of nitrogens with zero attached hydrogens (tertiary/aromatic N) is 3. The lowest BCUT2D eigenvalue weighted by Gasteiger charge is -2.02. The summed E-state index contributed by atoms with van der Waals surface area (Å²) in [5, 5.41) is 1.34. The van der Waals surface area contributed by atoms with Crippen LogP contribution in [-0.4, -0.2) is 32.5 Å². The fourth-order valence-electron chi connectivity index (χ4n) is 2.94. The molecule has 1 N–H and O–H groups in total. The molecule has 0 fully saturated rings. The van der Waals surface area contributed by atoms with Crippen molar-refractivity contribution in [3.05, 3.63) is 60.4 Å². The topological polar surface area (TPSA) is 80.8 Å². The fourth-order valence-corrected chi connectivity index (χ4v) is 2.94. The van der Waals surface area contributed by atoms with Gasteiger partial charge in [0, 0.05) is 40.4 Å². The zero-order valence-electron chi connectivity index (χ0n) is 14.4. The summed E-state index contributed by atoms with van der Waals surface area (Å²) in [6.45, 7) is 1.97. The van der Waals surface area contributed by atoms with Gasteiger partial charge in [0.1, 0.15) is 11.5 Å². The lowest BCUT2D eigenvalue weighted by Crippen LogP contribution is -1.99. The Morgan fingerprint density at radius 1 is 1.30 bits per heavy atom. The fraction of sp³-hybridized carbons (Fsp3) is 0.100. The highest BCUT2D eigenvalue weighted by molar-refractivity contribution is 6.11. The molecule has 27 heavy (non-hydrogen) atoms. The van der Waals surface area contributed by atoms with Crippen molar-refractivity contribution in [2.45, 2.75) is 6.92 Å². The molecule has 4 aromatic heterocycles. The number of carbonyl (C=O) groups excluding carboxylic acids is 1. The Kier molecular flexibility index (Phi) is 4.33. The van der Waals surface area contributed by atoms with Crippen LogP contribution in [0.25, 0.3) is 39.3 Å². The molecule has 0 spiro atoms. The first kappa shape index (κ1) is 16.8. The minimum absolute atomic E-state index is 0.255. The first-order valence-corrected chi connectivity index (χ1v) is 8.38. The van der Waals surface area contributed by atoms with E-state index in [0.717, 1.165) is 22.7 Å². The second-order valence-electron chi connectivity index (χ2n) is 5.81. The molecule has 4 heterocycles. The number of esters is 1. The molecule has 0 aromatic carbocycles. The number of aromatic amines is 1. The van der Waals surface area contributed by atoms with Crippen LogP contribution >= 0.6 is 0 Å². The van der Waals surface area contributed by atoms with Crippen molar-refractivity contribution in [1.82, 2.24) is 19.9 Å². The Bertz CT molecular complexity index is 1170. The number of aromatic nitrogens is 4. The van der Waals surface area contributed by atoms with E-state index in [9.17, 15) is 9.18 Å². The molecule has 6 nitrogen and oxygen atoms in total. The first-order valence-electron chi connectivity index (χ1n) is 8.38. The van der Waals surface area contributed by atoms with E-state index in [-0.39, 0.29) is 12.2 Å². The smallest absolute Gasteiger partial charge is 0.330 e. The predicted molar refractivity (Wildman–Crippen MR) is 100 cm³/mol. The van der Waals surface area contributed by atoms with Crippen molar-refractivity contribution in [2.24, 2.45) is 0 Å². The van der Waals surface area contributed by atoms with Crippen LogP contribution < -0.4 is 0 Å². The van der Waals surface area contributed by atoms with Crippen LogP contribution in [0.5, 0.6) is 0 Å². The number of H-pyrrole nitrogens is 1. The molecular weight excluding hydrogens is 347 g/mol. The van der Waals surface area contributed by atoms with Gasteiger partial charge in [-0.15, -0.1) is 0 Å². The van der Waals surface area contributed by atoms with Crippen LogP contribution in [0, 0.1) is 5.82 Å². The van der Waals surface area contributed by atoms with Gasteiger partial charge in [-0.3, -0.25) is 9.97 Å². The number of ether oxygens (including phenoxy) is 1. The van der Waals surface area contributed by atoms with Gasteiger partial charge in [-0.05, 0) is 31.2 Å². The van der Waals surface area contributed by atoms with E-state index in [2.05, 4.69) is 19.9 Å². The third-order valence-electron chi connectivity index (χ3n) is 4.13. The Morgan fingerprint density at radius 3 is 2.96 bits per heavy atom. The second kappa shape index (κ2) is 6.95. The van der Waals surface area contributed by atoms with E-state index in [4.69, 9.17) is 4.74 Å². The maximum atomic E-state index is 14.5. The van der Waals surface area contributed by atoms with E-state index in [1.165, 1.54) is 12.2 Å². The normalized spacial score (nSPS) is 11.5. The van der Waals surface area contributed by atoms with Gasteiger partial charge >= 0.3 is 5.97 Å². The maximum Gasteiger partial charge on any atom is 0.330 e. The van der Waals surface area contributed by atoms with E-state index >= 15 is 0 Å². The van der Waals surface area contributed by atoms with Crippen molar-refractivity contribution < 1.29 is 13.9 Å². The van der Waals surface area contributed by atoms with Crippen LogP contribution in [0.4, 0.5) is 4.39 Å². The van der Waals surface area contributed by atoms with E-state index in [1.807, 2.05) is 18.2 Å². The summed E-state index contributed by atoms with van der Waals surface area (Å²) in [6.07, 6.45) is 8.82. The quantitative estimate of drug-likeness (QED) is 0.440. The largest absolute Gasteiger partial charge is 0.463 e. The zero-order valence-corrected chi connectivity index (χ0v) is 14.4. The van der Waals surface area contributed by atoms with Gasteiger partial charge in [0.05, 0.1) is 30.2 Å². The highest BCUT2D eigenvalue weighted by Crippen LogP contribution is 2.31. The molecule has 0 aliphatic rings. The molecule has 0 saturated heterocycles. The summed E-state index contributed by atoms with van der Waals surface area (Å²) in [4.78, 5) is 27.4. The molecule has 7 heteroatoms. The van der Waals surface area contributed by atoms with Crippen LogP contribution in [0.1, 0.15) is 12.5 Å². The lowest BCUT2D eigenvalue weighted by atomic mass is 10.1. The molecule has 4 aromatic rings. The SMILES string of the molecule is CCOC(=O)C=Cc1c(F)cnc2[nH]c3cnc(-c4cccnc4)cc3c12. The minimum Gasteiger partial charge on any atom is -0.463 e. The van der Waals surface area contributed by atoms with Gasteiger partial charge in [-0.1, -0.05) is 0 Å². The molecule has 0 amide bonds. The molecule has 0 aliphatic heterocycles. The Hall–Kier alpha value is -3.61. The van der Waals surface area contributed by atoms with Gasteiger partial charge in [0.2, 0.25) is 0 Å². The van der Waals surface area contributed by atoms with Gasteiger partial charge in [0.15, 0.2) is 0 Å². The summed E-state index contributed by atoms with van der Waals surface area (Å²) in [6, 6.07) is 5.58. The molecule has 0 saturated carbocycles. The number of rotatable bonds is 4. The average molecular weight is 362 g/mol. The minimum atomic E-state index is -0.528. The Labute approximate surface area is 153 Å². The number of hydrogen-bond acceptors (Lipinski definition) is 5. The van der Waals surface area contributed by atoms with E-state index in [0.29, 0.717) is 16.7 Å². The Balaban J connectivity index is 1.92. The highest BCUT2D eigenvalue weighted by Gasteiger charge is 2.14. The van der Waals surface area contributed by atoms with Crippen molar-refractivity contribution >= 4 is 34.0 Å². The summed E-state index contributed by atoms with van der Waals surface area (Å²) >= 11 is 0. The number of fused-ring (bicyclic) bond motifs is 3. The third kappa shape index (κ3) is 3.15. The molecular formula is C20H15FN4O2. The van der Waals surface area contributed by atoms with Crippen LogP contribution in [0.15, 0.2) is 49.1 Å². The van der Waals surface area contributed by atoms with Gasteiger partial charge in [-0.25, -0.2) is 14.2 Å². The van der Waals surface area contributed by atoms with Gasteiger partial charge in [-0.2, -0.15) is 0 Å². The van der Waals surface area contributed by atoms with E-state index < -0.39 is 11.8 Å². The summed E-state index contributed by atoms with van der Waals surface area (Å²) in [5.74, 6) is -1.05. The summed E-state index contributed by atoms with van der Waals surface area (Å²) < 4.78 is 19.4. The van der Waals surface area contributed by atoms with Crippen LogP contribution in [-0.2, 0) is 9.53 Å². The molecule has 0 radical (unpaired) electrons. The third-order valence-corrected chi connectivity index (χ3v) is 4.13. The molecule has 0 atom stereocenters. The number of nitrogens with one attached hydrogen (secondary N) is 1. The predicted octanol–water partition coefficient (Wildman–Crippen LogP) is 3.89. The lowest BCUT2D eigenvalue weighted by molar-refractivity contribution is -0.137. The monoisotopic (exact) mass is 362 g/mol. The van der Waals surface area contributed by atoms with Crippen molar-refractivity contribution in [3.63, 3.8) is 0 Å². The summed E-state index contributed by atoms with van der Waals surface area (Å²) in [5.41, 5.74) is 3.06. The summed E-state index contributed by atoms with van der Waals surface area (Å²) in [7, 11) is 0. The molecule has 0 bridgehead atoms. The second-order valence-corrected chi connectivity index (χ2v) is 5.81. The van der Waals surface area contributed by atoms with E-state index in [1.54, 1.807) is 25.5 Å². The van der Waals surface area contributed by atoms with Crippen molar-refractivity contribution in [1.29, 1.82) is 0 Å². The number of halogens is 1. The zero-order chi connectivity index (χ0) is 18.8. The molecule has 0 unspecified atom stereocenters. The molecule has 134 valence electrons. The number of pyridine rings is 3. The van der Waals surface area contributed by atoms with Crippen molar-refractivity contribution in [2.75, 3.05) is 6.61 Å². The number of carbonyl (C=O) groups is 1. The first-order chi connectivity index (χ1) is 13.2. The molecule has 4 rings (SSSR count). The maximum absolute atomic E-state index is 14.5. The van der Waals surface area contributed by atoms with Crippen molar-refractivity contribution in [3.8, 4) is 11.3 Å². The van der Waals surface area contributed by atoms with Gasteiger partial charge < -0.3 is 9.72 Å². The standard InChI is InChI=1S/C20H15FN4O2/c1-2-27-18(26)6-5-13-15(21)10-24-20-19(13)14-8-16(23-11-17(14)25-20)12-4-3-7-22-9-12/h3-11H,2H2,1H3,(H,24,25). The average Bonchev–Trinajstić information content (AvgIpc) is 3.06.